The van der Waals surface area contributed by atoms with Crippen LogP contribution >= 0.6 is 0 Å². The number of hydrogen-bond donors (Lipinski definition) is 0. The van der Waals surface area contributed by atoms with Crippen LogP contribution in [0.3, 0.4) is 0 Å². The van der Waals surface area contributed by atoms with Crippen LogP contribution in [0.1, 0.15) is 10.4 Å². The van der Waals surface area contributed by atoms with E-state index in [0.29, 0.717) is 5.88 Å². The standard InChI is InChI=1S/C14H18F3N3O3/c1-22-11-4-3-10(12(18-11)23-2)13(21)20-7-5-19(6-8-20)9-14(15,16)17/h3-4H,5-9H2,1-2H3. The molecular formula is C14H18F3N3O3. The smallest absolute Gasteiger partial charge is 0.401 e. The molecule has 0 aromatic carbocycles. The molecule has 0 spiro atoms. The van der Waals surface area contributed by atoms with Crippen molar-refractivity contribution in [1.82, 2.24) is 14.8 Å². The van der Waals surface area contributed by atoms with Gasteiger partial charge in [-0.3, -0.25) is 9.69 Å². The molecule has 2 heterocycles. The monoisotopic (exact) mass is 333 g/mol. The molecule has 6 nitrogen and oxygen atoms in total. The SMILES string of the molecule is COc1ccc(C(=O)N2CCN(CC(F)(F)F)CC2)c(OC)n1. The van der Waals surface area contributed by atoms with Crippen molar-refractivity contribution in [3.05, 3.63) is 17.7 Å². The molecule has 1 aromatic heterocycles. The van der Waals surface area contributed by atoms with Gasteiger partial charge in [0.25, 0.3) is 5.91 Å². The molecule has 0 N–H and O–H groups in total. The van der Waals surface area contributed by atoms with Crippen LogP contribution in [0.2, 0.25) is 0 Å². The van der Waals surface area contributed by atoms with Crippen LogP contribution < -0.4 is 9.47 Å². The maximum atomic E-state index is 12.5. The fourth-order valence-electron chi connectivity index (χ4n) is 2.39. The van der Waals surface area contributed by atoms with Gasteiger partial charge in [0.2, 0.25) is 11.8 Å². The lowest BCUT2D eigenvalue weighted by molar-refractivity contribution is -0.148. The van der Waals surface area contributed by atoms with Gasteiger partial charge in [0, 0.05) is 32.2 Å². The third-order valence-electron chi connectivity index (χ3n) is 3.53. The summed E-state index contributed by atoms with van der Waals surface area (Å²) >= 11 is 0. The molecule has 23 heavy (non-hydrogen) atoms. The van der Waals surface area contributed by atoms with E-state index in [-0.39, 0.29) is 43.5 Å². The van der Waals surface area contributed by atoms with Gasteiger partial charge >= 0.3 is 6.18 Å². The highest BCUT2D eigenvalue weighted by atomic mass is 19.4. The van der Waals surface area contributed by atoms with Gasteiger partial charge in [0.05, 0.1) is 20.8 Å². The van der Waals surface area contributed by atoms with Crippen molar-refractivity contribution in [2.24, 2.45) is 0 Å². The van der Waals surface area contributed by atoms with Gasteiger partial charge < -0.3 is 14.4 Å². The number of alkyl halides is 3. The van der Waals surface area contributed by atoms with Crippen LogP contribution in [-0.2, 0) is 0 Å². The molecule has 0 radical (unpaired) electrons. The highest BCUT2D eigenvalue weighted by Gasteiger charge is 2.33. The number of ether oxygens (including phenoxy) is 2. The molecule has 1 amide bonds. The first-order valence-electron chi connectivity index (χ1n) is 7.01. The number of piperazine rings is 1. The molecule has 1 aromatic rings. The van der Waals surface area contributed by atoms with Crippen LogP contribution in [0.5, 0.6) is 11.8 Å². The molecular weight excluding hydrogens is 315 g/mol. The summed E-state index contributed by atoms with van der Waals surface area (Å²) in [6, 6.07) is 3.07. The Kier molecular flexibility index (Phi) is 5.30. The Hall–Kier alpha value is -2.03. The van der Waals surface area contributed by atoms with Gasteiger partial charge in [-0.15, -0.1) is 0 Å². The van der Waals surface area contributed by atoms with Gasteiger partial charge in [0.1, 0.15) is 5.56 Å². The van der Waals surface area contributed by atoms with E-state index in [1.54, 1.807) is 0 Å². The van der Waals surface area contributed by atoms with Crippen molar-refractivity contribution >= 4 is 5.91 Å². The van der Waals surface area contributed by atoms with Gasteiger partial charge in [-0.25, -0.2) is 0 Å². The van der Waals surface area contributed by atoms with Crippen LogP contribution in [0, 0.1) is 0 Å². The lowest BCUT2D eigenvalue weighted by Gasteiger charge is -2.35. The summed E-state index contributed by atoms with van der Waals surface area (Å²) < 4.78 is 47.2. The highest BCUT2D eigenvalue weighted by molar-refractivity contribution is 5.96. The molecule has 0 unspecified atom stereocenters. The summed E-state index contributed by atoms with van der Waals surface area (Å²) in [6.07, 6.45) is -4.23. The number of rotatable bonds is 4. The first kappa shape index (κ1) is 17.3. The number of pyridine rings is 1. The van der Waals surface area contributed by atoms with Crippen molar-refractivity contribution < 1.29 is 27.4 Å². The minimum absolute atomic E-state index is 0.132. The summed E-state index contributed by atoms with van der Waals surface area (Å²) in [4.78, 5) is 19.3. The maximum Gasteiger partial charge on any atom is 0.401 e. The van der Waals surface area contributed by atoms with Crippen molar-refractivity contribution in [1.29, 1.82) is 0 Å². The summed E-state index contributed by atoms with van der Waals surface area (Å²) in [6.45, 7) is -0.148. The lowest BCUT2D eigenvalue weighted by atomic mass is 10.2. The lowest BCUT2D eigenvalue weighted by Crippen LogP contribution is -2.51. The number of methoxy groups -OCH3 is 2. The zero-order valence-electron chi connectivity index (χ0n) is 12.9. The third-order valence-corrected chi connectivity index (χ3v) is 3.53. The van der Waals surface area contributed by atoms with Crippen LogP contribution in [-0.4, -0.2) is 73.8 Å². The predicted molar refractivity (Wildman–Crippen MR) is 75.7 cm³/mol. The molecule has 1 aliphatic heterocycles. The van der Waals surface area contributed by atoms with E-state index in [9.17, 15) is 18.0 Å². The van der Waals surface area contributed by atoms with Crippen molar-refractivity contribution in [2.75, 3.05) is 46.9 Å². The van der Waals surface area contributed by atoms with E-state index in [0.717, 1.165) is 0 Å². The zero-order valence-corrected chi connectivity index (χ0v) is 12.9. The van der Waals surface area contributed by atoms with Crippen LogP contribution in [0.25, 0.3) is 0 Å². The van der Waals surface area contributed by atoms with Crippen molar-refractivity contribution in [3.8, 4) is 11.8 Å². The number of carbonyl (C=O) groups is 1. The fourth-order valence-corrected chi connectivity index (χ4v) is 2.39. The number of hydrogen-bond acceptors (Lipinski definition) is 5. The second kappa shape index (κ2) is 7.03. The Balaban J connectivity index is 2.02. The summed E-state index contributed by atoms with van der Waals surface area (Å²) in [5, 5.41) is 0. The van der Waals surface area contributed by atoms with Crippen molar-refractivity contribution in [2.45, 2.75) is 6.18 Å². The van der Waals surface area contributed by atoms with E-state index in [1.165, 1.54) is 36.2 Å². The largest absolute Gasteiger partial charge is 0.481 e. The van der Waals surface area contributed by atoms with Gasteiger partial charge in [-0.05, 0) is 6.07 Å². The topological polar surface area (TPSA) is 54.9 Å². The van der Waals surface area contributed by atoms with E-state index in [4.69, 9.17) is 9.47 Å². The quantitative estimate of drug-likeness (QED) is 0.834. The molecule has 0 saturated carbocycles. The molecule has 2 rings (SSSR count). The molecule has 1 fully saturated rings. The highest BCUT2D eigenvalue weighted by Crippen LogP contribution is 2.23. The molecule has 128 valence electrons. The summed E-state index contributed by atoms with van der Waals surface area (Å²) in [5.74, 6) is 0.129. The zero-order chi connectivity index (χ0) is 17.0. The Morgan fingerprint density at radius 2 is 1.83 bits per heavy atom. The average Bonchev–Trinajstić information content (AvgIpc) is 2.52. The molecule has 1 aliphatic rings. The fraction of sp³-hybridized carbons (Fsp3) is 0.571. The second-order valence-corrected chi connectivity index (χ2v) is 5.09. The first-order valence-corrected chi connectivity index (χ1v) is 7.01. The predicted octanol–water partition coefficient (Wildman–Crippen LogP) is 1.42. The summed E-state index contributed by atoms with van der Waals surface area (Å²) in [7, 11) is 2.84. The third kappa shape index (κ3) is 4.47. The number of amides is 1. The van der Waals surface area contributed by atoms with Crippen molar-refractivity contribution in [3.63, 3.8) is 0 Å². The molecule has 9 heteroatoms. The number of halogens is 3. The maximum absolute atomic E-state index is 12.5. The molecule has 1 saturated heterocycles. The Morgan fingerprint density at radius 1 is 1.17 bits per heavy atom. The molecule has 0 atom stereocenters. The Bertz CT molecular complexity index is 558. The second-order valence-electron chi connectivity index (χ2n) is 5.09. The number of aromatic nitrogens is 1. The number of carbonyl (C=O) groups excluding carboxylic acids is 1. The van der Waals surface area contributed by atoms with Gasteiger partial charge in [0.15, 0.2) is 0 Å². The molecule has 0 aliphatic carbocycles. The van der Waals surface area contributed by atoms with Crippen LogP contribution in [0.15, 0.2) is 12.1 Å². The van der Waals surface area contributed by atoms with E-state index >= 15 is 0 Å². The average molecular weight is 333 g/mol. The Labute approximate surface area is 131 Å². The Morgan fingerprint density at radius 3 is 2.35 bits per heavy atom. The minimum atomic E-state index is -4.23. The first-order chi connectivity index (χ1) is 10.8. The normalized spacial score (nSPS) is 16.3. The minimum Gasteiger partial charge on any atom is -0.481 e. The van der Waals surface area contributed by atoms with Crippen LogP contribution in [0.4, 0.5) is 13.2 Å². The summed E-state index contributed by atoms with van der Waals surface area (Å²) in [5.41, 5.74) is 0.262. The van der Waals surface area contributed by atoms with Gasteiger partial charge in [-0.2, -0.15) is 18.2 Å². The molecule has 0 bridgehead atoms. The number of nitrogens with zero attached hydrogens (tertiary/aromatic N) is 3. The van der Waals surface area contributed by atoms with E-state index in [1.807, 2.05) is 0 Å². The van der Waals surface area contributed by atoms with Gasteiger partial charge in [-0.1, -0.05) is 0 Å². The van der Waals surface area contributed by atoms with E-state index in [2.05, 4.69) is 4.98 Å². The van der Waals surface area contributed by atoms with E-state index < -0.39 is 12.7 Å².